The molecule has 19 heavy (non-hydrogen) atoms. The molecule has 0 saturated heterocycles. The SMILES string of the molecule is CC.CCc1ccccc1N=c1sc(C)[c-]n1C.[Yb]. The third-order valence-corrected chi connectivity index (χ3v) is 3.39. The summed E-state index contributed by atoms with van der Waals surface area (Å²) in [4.78, 5) is 6.84. The van der Waals surface area contributed by atoms with Crippen LogP contribution in [0.1, 0.15) is 31.2 Å². The van der Waals surface area contributed by atoms with Gasteiger partial charge in [-0.05, 0) is 32.0 Å². The van der Waals surface area contributed by atoms with E-state index in [1.807, 2.05) is 31.5 Å². The number of para-hydroxylation sites is 1. The molecule has 0 atom stereocenters. The second kappa shape index (κ2) is 9.98. The van der Waals surface area contributed by atoms with E-state index in [2.05, 4.69) is 43.2 Å². The van der Waals surface area contributed by atoms with E-state index < -0.39 is 0 Å². The molecule has 0 bridgehead atoms. The standard InChI is InChI=1S/C13H15N2S.C2H6.Yb/c1-4-11-7-5-6-8-12(11)14-13-15(3)9-10(2)16-13;1-2;/h5-8H,4H2,1-3H3;1-2H3;/q-1;;. The molecule has 0 aliphatic carbocycles. The van der Waals surface area contributed by atoms with Gasteiger partial charge in [0.2, 0.25) is 0 Å². The van der Waals surface area contributed by atoms with Gasteiger partial charge < -0.3 is 9.56 Å². The fourth-order valence-electron chi connectivity index (χ4n) is 1.63. The molecule has 2 rings (SSSR count). The summed E-state index contributed by atoms with van der Waals surface area (Å²) < 4.78 is 1.95. The van der Waals surface area contributed by atoms with Crippen molar-refractivity contribution in [2.24, 2.45) is 12.0 Å². The van der Waals surface area contributed by atoms with Gasteiger partial charge in [0, 0.05) is 57.4 Å². The second-order valence-corrected chi connectivity index (χ2v) is 4.89. The molecule has 0 unspecified atom stereocenters. The maximum Gasteiger partial charge on any atom is 0.0480 e. The summed E-state index contributed by atoms with van der Waals surface area (Å²) in [7, 11) is 1.98. The van der Waals surface area contributed by atoms with Crippen LogP contribution in [-0.4, -0.2) is 4.57 Å². The molecule has 0 aliphatic rings. The zero-order chi connectivity index (χ0) is 13.5. The molecule has 0 saturated carbocycles. The van der Waals surface area contributed by atoms with Crippen molar-refractivity contribution in [2.45, 2.75) is 34.1 Å². The first-order chi connectivity index (χ1) is 8.70. The van der Waals surface area contributed by atoms with Gasteiger partial charge in [0.1, 0.15) is 0 Å². The number of hydrogen-bond donors (Lipinski definition) is 0. The van der Waals surface area contributed by atoms with Gasteiger partial charge in [-0.2, -0.15) is 6.20 Å². The largest absolute Gasteiger partial charge is 0.490 e. The Morgan fingerprint density at radius 2 is 1.89 bits per heavy atom. The number of hydrogen-bond acceptors (Lipinski definition) is 2. The molecular weight excluding hydrogens is 413 g/mol. The average Bonchev–Trinajstić information content (AvgIpc) is 2.71. The van der Waals surface area contributed by atoms with Crippen LogP contribution >= 0.6 is 11.3 Å². The van der Waals surface area contributed by atoms with E-state index in [1.54, 1.807) is 11.3 Å². The van der Waals surface area contributed by atoms with Gasteiger partial charge in [0.15, 0.2) is 0 Å². The molecule has 2 nitrogen and oxygen atoms in total. The Morgan fingerprint density at radius 1 is 1.26 bits per heavy atom. The summed E-state index contributed by atoms with van der Waals surface area (Å²) in [5, 5.41) is 0. The minimum atomic E-state index is 0. The van der Waals surface area contributed by atoms with Crippen LogP contribution < -0.4 is 4.80 Å². The van der Waals surface area contributed by atoms with Crippen molar-refractivity contribution in [3.8, 4) is 0 Å². The Kier molecular flexibility index (Phi) is 10.1. The quantitative estimate of drug-likeness (QED) is 0.636. The predicted molar refractivity (Wildman–Crippen MR) is 79.3 cm³/mol. The topological polar surface area (TPSA) is 17.3 Å². The molecule has 1 aromatic heterocycles. The number of thiazole rings is 1. The van der Waals surface area contributed by atoms with E-state index >= 15 is 0 Å². The molecule has 0 radical (unpaired) electrons. The molecule has 0 N–H and O–H groups in total. The maximum absolute atomic E-state index is 4.68. The minimum absolute atomic E-state index is 0. The van der Waals surface area contributed by atoms with Crippen LogP contribution in [0.2, 0.25) is 0 Å². The fourth-order valence-corrected chi connectivity index (χ4v) is 2.41. The first-order valence-corrected chi connectivity index (χ1v) is 7.20. The third-order valence-electron chi connectivity index (χ3n) is 2.45. The molecular formula is C15H21N2SYb-. The summed E-state index contributed by atoms with van der Waals surface area (Å²) in [6.45, 7) is 8.20. The number of rotatable bonds is 2. The Bertz CT molecular complexity index is 555. The van der Waals surface area contributed by atoms with E-state index in [4.69, 9.17) is 0 Å². The molecule has 2 aromatic rings. The average molecular weight is 434 g/mol. The van der Waals surface area contributed by atoms with Crippen molar-refractivity contribution in [3.63, 3.8) is 0 Å². The molecule has 112 valence electrons. The molecule has 0 aliphatic heterocycles. The Hall–Kier alpha value is 0.169. The minimum Gasteiger partial charge on any atom is -0.490 e. The van der Waals surface area contributed by atoms with E-state index in [1.165, 1.54) is 5.56 Å². The van der Waals surface area contributed by atoms with Crippen LogP contribution in [0, 0.1) is 60.0 Å². The van der Waals surface area contributed by atoms with Gasteiger partial charge in [-0.1, -0.05) is 43.8 Å². The number of aryl methyl sites for hydroxylation is 3. The summed E-state index contributed by atoms with van der Waals surface area (Å²) >= 11 is 1.67. The molecule has 4 heteroatoms. The van der Waals surface area contributed by atoms with Crippen molar-refractivity contribution in [2.75, 3.05) is 0 Å². The van der Waals surface area contributed by atoms with E-state index in [0.29, 0.717) is 0 Å². The van der Waals surface area contributed by atoms with Gasteiger partial charge in [0.25, 0.3) is 0 Å². The van der Waals surface area contributed by atoms with Crippen molar-refractivity contribution >= 4 is 17.0 Å². The maximum atomic E-state index is 4.68. The van der Waals surface area contributed by atoms with Crippen molar-refractivity contribution < 1.29 is 46.9 Å². The van der Waals surface area contributed by atoms with Crippen LogP contribution in [0.15, 0.2) is 29.3 Å². The number of aromatic nitrogens is 1. The predicted octanol–water partition coefficient (Wildman–Crippen LogP) is 4.02. The molecule has 1 aromatic carbocycles. The van der Waals surface area contributed by atoms with E-state index in [9.17, 15) is 0 Å². The number of benzene rings is 1. The van der Waals surface area contributed by atoms with Crippen LogP contribution in [0.25, 0.3) is 0 Å². The van der Waals surface area contributed by atoms with Crippen LogP contribution in [0.5, 0.6) is 0 Å². The summed E-state index contributed by atoms with van der Waals surface area (Å²) in [5.41, 5.74) is 2.35. The Labute approximate surface area is 158 Å². The third kappa shape index (κ3) is 5.58. The monoisotopic (exact) mass is 435 g/mol. The number of nitrogens with zero attached hydrogens (tertiary/aromatic N) is 2. The first-order valence-electron chi connectivity index (χ1n) is 6.39. The van der Waals surface area contributed by atoms with Gasteiger partial charge in [-0.25, -0.2) is 11.3 Å². The van der Waals surface area contributed by atoms with E-state index in [0.717, 1.165) is 21.8 Å². The summed E-state index contributed by atoms with van der Waals surface area (Å²) in [6.07, 6.45) is 4.22. The van der Waals surface area contributed by atoms with Gasteiger partial charge in [-0.3, -0.25) is 0 Å². The van der Waals surface area contributed by atoms with Crippen molar-refractivity contribution in [1.29, 1.82) is 0 Å². The van der Waals surface area contributed by atoms with Gasteiger partial charge in [-0.15, -0.1) is 0 Å². The Balaban J connectivity index is 0.00000103. The molecule has 1 heterocycles. The zero-order valence-electron chi connectivity index (χ0n) is 12.1. The molecule has 0 fully saturated rings. The van der Waals surface area contributed by atoms with Gasteiger partial charge >= 0.3 is 0 Å². The van der Waals surface area contributed by atoms with E-state index in [-0.39, 0.29) is 46.9 Å². The normalized spacial score (nSPS) is 10.5. The molecule has 0 spiro atoms. The molecule has 0 amide bonds. The zero-order valence-corrected chi connectivity index (χ0v) is 14.6. The second-order valence-electron chi connectivity index (χ2n) is 3.71. The van der Waals surface area contributed by atoms with Crippen molar-refractivity contribution in [3.05, 3.63) is 45.7 Å². The first kappa shape index (κ1) is 19.2. The van der Waals surface area contributed by atoms with Gasteiger partial charge in [0.05, 0.1) is 0 Å². The smallest absolute Gasteiger partial charge is 0.0480 e. The Morgan fingerprint density at radius 3 is 2.42 bits per heavy atom. The van der Waals surface area contributed by atoms with Crippen LogP contribution in [-0.2, 0) is 13.5 Å². The fraction of sp³-hybridized carbons (Fsp3) is 0.400. The van der Waals surface area contributed by atoms with Crippen LogP contribution in [0.4, 0.5) is 5.69 Å². The summed E-state index contributed by atoms with van der Waals surface area (Å²) in [6, 6.07) is 8.28. The van der Waals surface area contributed by atoms with Crippen molar-refractivity contribution in [1.82, 2.24) is 4.57 Å². The summed E-state index contributed by atoms with van der Waals surface area (Å²) in [5.74, 6) is 0. The van der Waals surface area contributed by atoms with Crippen LogP contribution in [0.3, 0.4) is 0 Å².